The topological polar surface area (TPSA) is 53.1 Å². The van der Waals surface area contributed by atoms with Gasteiger partial charge in [-0.15, -0.1) is 0 Å². The number of likely N-dealkylation sites (tertiary alicyclic amines) is 2. The zero-order valence-electron chi connectivity index (χ0n) is 15.4. The van der Waals surface area contributed by atoms with Gasteiger partial charge < -0.3 is 19.4 Å². The number of ether oxygens (including phenoxy) is 1. The number of carbonyl (C=O) groups is 2. The summed E-state index contributed by atoms with van der Waals surface area (Å²) in [6, 6.07) is 7.44. The molecule has 0 N–H and O–H groups in total. The second-order valence-corrected chi connectivity index (χ2v) is 7.83. The molecule has 1 aromatic carbocycles. The van der Waals surface area contributed by atoms with E-state index in [1.807, 2.05) is 23.1 Å². The van der Waals surface area contributed by atoms with Gasteiger partial charge in [-0.1, -0.05) is 12.1 Å². The lowest BCUT2D eigenvalue weighted by Gasteiger charge is -2.41. The van der Waals surface area contributed by atoms with Crippen LogP contribution >= 0.6 is 0 Å². The van der Waals surface area contributed by atoms with E-state index in [-0.39, 0.29) is 18.4 Å². The van der Waals surface area contributed by atoms with Crippen molar-refractivity contribution >= 4 is 11.8 Å². The lowest BCUT2D eigenvalue weighted by atomic mass is 9.90. The van der Waals surface area contributed by atoms with Crippen molar-refractivity contribution in [3.63, 3.8) is 0 Å². The maximum atomic E-state index is 13.1. The highest BCUT2D eigenvalue weighted by Crippen LogP contribution is 2.35. The lowest BCUT2D eigenvalue weighted by Crippen LogP contribution is -2.54. The fourth-order valence-electron chi connectivity index (χ4n) is 4.23. The van der Waals surface area contributed by atoms with Crippen molar-refractivity contribution in [1.82, 2.24) is 14.7 Å². The summed E-state index contributed by atoms with van der Waals surface area (Å²) in [7, 11) is 2.11. The fourth-order valence-corrected chi connectivity index (χ4v) is 4.23. The number of hydrogen-bond acceptors (Lipinski definition) is 4. The molecule has 1 aromatic rings. The molecule has 3 aliphatic heterocycles. The van der Waals surface area contributed by atoms with Crippen LogP contribution in [0.15, 0.2) is 24.3 Å². The highest BCUT2D eigenvalue weighted by Gasteiger charge is 2.43. The molecule has 0 bridgehead atoms. The van der Waals surface area contributed by atoms with Gasteiger partial charge in [0.05, 0.1) is 12.1 Å². The smallest absolute Gasteiger partial charge is 0.258 e. The Labute approximate surface area is 154 Å². The first kappa shape index (κ1) is 17.3. The number of amides is 2. The van der Waals surface area contributed by atoms with Gasteiger partial charge in [-0.05, 0) is 32.0 Å². The molecule has 0 aliphatic carbocycles. The SMILES string of the molecule is CN1CCC2(CC1)CN(CC(=O)N1CCCC1)C(=O)c1ccccc1O2. The normalized spacial score (nSPS) is 22.9. The van der Waals surface area contributed by atoms with Gasteiger partial charge >= 0.3 is 0 Å². The highest BCUT2D eigenvalue weighted by atomic mass is 16.5. The van der Waals surface area contributed by atoms with Crippen LogP contribution in [0.2, 0.25) is 0 Å². The summed E-state index contributed by atoms with van der Waals surface area (Å²) >= 11 is 0. The van der Waals surface area contributed by atoms with E-state index in [1.165, 1.54) is 0 Å². The van der Waals surface area contributed by atoms with Gasteiger partial charge in [0.1, 0.15) is 17.9 Å². The predicted molar refractivity (Wildman–Crippen MR) is 98.2 cm³/mol. The first-order valence-corrected chi connectivity index (χ1v) is 9.60. The number of nitrogens with zero attached hydrogens (tertiary/aromatic N) is 3. The molecule has 140 valence electrons. The van der Waals surface area contributed by atoms with Crippen LogP contribution in [0.3, 0.4) is 0 Å². The van der Waals surface area contributed by atoms with Gasteiger partial charge in [-0.2, -0.15) is 0 Å². The minimum absolute atomic E-state index is 0.0540. The van der Waals surface area contributed by atoms with Crippen molar-refractivity contribution in [2.75, 3.05) is 46.3 Å². The monoisotopic (exact) mass is 357 g/mol. The Bertz CT molecular complexity index is 691. The molecule has 6 heteroatoms. The molecule has 3 heterocycles. The van der Waals surface area contributed by atoms with E-state index in [0.29, 0.717) is 17.9 Å². The third-order valence-corrected chi connectivity index (χ3v) is 5.89. The highest BCUT2D eigenvalue weighted by molar-refractivity contribution is 5.99. The molecule has 0 radical (unpaired) electrons. The first-order valence-electron chi connectivity index (χ1n) is 9.60. The molecule has 0 aromatic heterocycles. The second kappa shape index (κ2) is 6.91. The van der Waals surface area contributed by atoms with Crippen LogP contribution in [-0.4, -0.2) is 78.4 Å². The first-order chi connectivity index (χ1) is 12.6. The van der Waals surface area contributed by atoms with Gasteiger partial charge in [0, 0.05) is 39.0 Å². The summed E-state index contributed by atoms with van der Waals surface area (Å²) < 4.78 is 6.43. The minimum Gasteiger partial charge on any atom is -0.484 e. The van der Waals surface area contributed by atoms with E-state index in [2.05, 4.69) is 11.9 Å². The standard InChI is InChI=1S/C20H27N3O3/c1-21-12-8-20(9-13-21)15-23(14-18(24)22-10-4-5-11-22)19(25)16-6-2-3-7-17(16)26-20/h2-3,6-7H,4-5,8-15H2,1H3. The maximum Gasteiger partial charge on any atom is 0.258 e. The van der Waals surface area contributed by atoms with Crippen molar-refractivity contribution in [3.8, 4) is 5.75 Å². The Balaban J connectivity index is 1.61. The number of para-hydroxylation sites is 1. The molecule has 0 atom stereocenters. The average molecular weight is 357 g/mol. The van der Waals surface area contributed by atoms with Gasteiger partial charge in [-0.3, -0.25) is 9.59 Å². The Morgan fingerprint density at radius 2 is 1.81 bits per heavy atom. The van der Waals surface area contributed by atoms with Gasteiger partial charge in [0.15, 0.2) is 0 Å². The van der Waals surface area contributed by atoms with E-state index in [9.17, 15) is 9.59 Å². The quantitative estimate of drug-likeness (QED) is 0.807. The molecule has 0 saturated carbocycles. The zero-order valence-corrected chi connectivity index (χ0v) is 15.4. The summed E-state index contributed by atoms with van der Waals surface area (Å²) in [6.45, 7) is 4.12. The Morgan fingerprint density at radius 1 is 1.12 bits per heavy atom. The van der Waals surface area contributed by atoms with Crippen LogP contribution in [0.4, 0.5) is 0 Å². The molecule has 3 aliphatic rings. The van der Waals surface area contributed by atoms with Crippen LogP contribution in [-0.2, 0) is 4.79 Å². The van der Waals surface area contributed by atoms with Crippen LogP contribution in [0.5, 0.6) is 5.75 Å². The number of hydrogen-bond donors (Lipinski definition) is 0. The summed E-state index contributed by atoms with van der Waals surface area (Å²) in [5.74, 6) is 0.612. The molecule has 2 amide bonds. The molecular formula is C20H27N3O3. The third-order valence-electron chi connectivity index (χ3n) is 5.89. The Hall–Kier alpha value is -2.08. The molecule has 26 heavy (non-hydrogen) atoms. The predicted octanol–water partition coefficient (Wildman–Crippen LogP) is 1.61. The summed E-state index contributed by atoms with van der Waals surface area (Å²) in [6.07, 6.45) is 3.84. The third kappa shape index (κ3) is 3.30. The van der Waals surface area contributed by atoms with Crippen molar-refractivity contribution in [1.29, 1.82) is 0 Å². The van der Waals surface area contributed by atoms with E-state index < -0.39 is 5.60 Å². The Morgan fingerprint density at radius 3 is 2.54 bits per heavy atom. The van der Waals surface area contributed by atoms with Crippen molar-refractivity contribution < 1.29 is 14.3 Å². The van der Waals surface area contributed by atoms with Crippen molar-refractivity contribution in [2.24, 2.45) is 0 Å². The molecule has 2 saturated heterocycles. The van der Waals surface area contributed by atoms with Crippen LogP contribution in [0.1, 0.15) is 36.0 Å². The number of piperidine rings is 1. The zero-order chi connectivity index (χ0) is 18.1. The number of rotatable bonds is 2. The molecule has 2 fully saturated rings. The number of benzene rings is 1. The maximum absolute atomic E-state index is 13.1. The van der Waals surface area contributed by atoms with Crippen molar-refractivity contribution in [3.05, 3.63) is 29.8 Å². The van der Waals surface area contributed by atoms with Crippen LogP contribution in [0.25, 0.3) is 0 Å². The van der Waals surface area contributed by atoms with E-state index in [4.69, 9.17) is 4.74 Å². The molecule has 6 nitrogen and oxygen atoms in total. The lowest BCUT2D eigenvalue weighted by molar-refractivity contribution is -0.131. The summed E-state index contributed by atoms with van der Waals surface area (Å²) in [4.78, 5) is 31.7. The van der Waals surface area contributed by atoms with Crippen LogP contribution < -0.4 is 4.74 Å². The van der Waals surface area contributed by atoms with Crippen molar-refractivity contribution in [2.45, 2.75) is 31.3 Å². The summed E-state index contributed by atoms with van der Waals surface area (Å²) in [5.41, 5.74) is 0.164. The van der Waals surface area contributed by atoms with Gasteiger partial charge in [0.2, 0.25) is 5.91 Å². The molecule has 4 rings (SSSR count). The van der Waals surface area contributed by atoms with Gasteiger partial charge in [0.25, 0.3) is 5.91 Å². The second-order valence-electron chi connectivity index (χ2n) is 7.83. The average Bonchev–Trinajstić information content (AvgIpc) is 3.15. The fraction of sp³-hybridized carbons (Fsp3) is 0.600. The largest absolute Gasteiger partial charge is 0.484 e. The van der Waals surface area contributed by atoms with Crippen LogP contribution in [0, 0.1) is 0 Å². The number of carbonyl (C=O) groups excluding carboxylic acids is 2. The van der Waals surface area contributed by atoms with E-state index in [0.717, 1.165) is 51.9 Å². The Kier molecular flexibility index (Phi) is 4.61. The molecular weight excluding hydrogens is 330 g/mol. The van der Waals surface area contributed by atoms with E-state index >= 15 is 0 Å². The van der Waals surface area contributed by atoms with Gasteiger partial charge in [-0.25, -0.2) is 0 Å². The molecule has 0 unspecified atom stereocenters. The molecule has 1 spiro atoms. The minimum atomic E-state index is -0.403. The summed E-state index contributed by atoms with van der Waals surface area (Å²) in [5, 5.41) is 0. The van der Waals surface area contributed by atoms with E-state index in [1.54, 1.807) is 11.0 Å². The number of fused-ring (bicyclic) bond motifs is 1.